The van der Waals surface area contributed by atoms with Gasteiger partial charge >= 0.3 is 0 Å². The zero-order chi connectivity index (χ0) is 33.0. The van der Waals surface area contributed by atoms with Crippen LogP contribution in [-0.4, -0.2) is 10.2 Å². The van der Waals surface area contributed by atoms with Crippen LogP contribution in [0.3, 0.4) is 0 Å². The molecule has 6 aromatic rings. The molecule has 0 heterocycles. The molecule has 0 fully saturated rings. The lowest BCUT2D eigenvalue weighted by molar-refractivity contribution is 0.0412. The van der Waals surface area contributed by atoms with E-state index in [0.29, 0.717) is 47.9 Å². The molecule has 6 heteroatoms. The molecule has 0 aromatic heterocycles. The Bertz CT molecular complexity index is 1800. The molecule has 2 N–H and O–H groups in total. The SMILES string of the molecule is OC(C(=C=C(c1ccccc1)c1ccccc1)C(O)(c1ccc(Cl)cc1)c1ccc(Cl)cc1)(c1ccc(Cl)cc1)c1ccc(Cl)cc1. The molecule has 0 radical (unpaired) electrons. The highest BCUT2D eigenvalue weighted by atomic mass is 35.5. The summed E-state index contributed by atoms with van der Waals surface area (Å²) in [6, 6.07) is 47.1. The number of hydrogen-bond acceptors (Lipinski definition) is 2. The van der Waals surface area contributed by atoms with Crippen LogP contribution in [-0.2, 0) is 11.2 Å². The minimum Gasteiger partial charge on any atom is -0.376 e. The molecule has 0 saturated heterocycles. The Balaban J connectivity index is 1.86. The normalized spacial score (nSPS) is 11.5. The molecule has 0 aliphatic heterocycles. The zero-order valence-electron chi connectivity index (χ0n) is 24.9. The molecule has 0 saturated carbocycles. The summed E-state index contributed by atoms with van der Waals surface area (Å²) in [4.78, 5) is 0. The van der Waals surface area contributed by atoms with Gasteiger partial charge in [0.2, 0.25) is 0 Å². The van der Waals surface area contributed by atoms with Crippen LogP contribution in [0.1, 0.15) is 33.4 Å². The summed E-state index contributed by atoms with van der Waals surface area (Å²) in [5.74, 6) is 0. The molecular weight excluding hydrogens is 666 g/mol. The van der Waals surface area contributed by atoms with Gasteiger partial charge in [0, 0.05) is 25.7 Å². The topological polar surface area (TPSA) is 40.5 Å². The van der Waals surface area contributed by atoms with Gasteiger partial charge in [-0.3, -0.25) is 0 Å². The van der Waals surface area contributed by atoms with Gasteiger partial charge in [-0.15, -0.1) is 5.73 Å². The summed E-state index contributed by atoms with van der Waals surface area (Å²) >= 11 is 25.5. The molecule has 6 aromatic carbocycles. The summed E-state index contributed by atoms with van der Waals surface area (Å²) in [6.07, 6.45) is 0. The summed E-state index contributed by atoms with van der Waals surface area (Å²) in [5, 5.41) is 29.0. The van der Waals surface area contributed by atoms with Crippen LogP contribution < -0.4 is 0 Å². The molecule has 0 aliphatic rings. The van der Waals surface area contributed by atoms with E-state index in [1.54, 1.807) is 97.1 Å². The van der Waals surface area contributed by atoms with Crippen LogP contribution in [0.4, 0.5) is 0 Å². The maximum atomic E-state index is 13.5. The Morgan fingerprint density at radius 3 is 0.894 bits per heavy atom. The number of rotatable bonds is 8. The van der Waals surface area contributed by atoms with Crippen molar-refractivity contribution in [2.45, 2.75) is 11.2 Å². The highest BCUT2D eigenvalue weighted by molar-refractivity contribution is 6.31. The van der Waals surface area contributed by atoms with E-state index in [0.717, 1.165) is 11.1 Å². The quantitative estimate of drug-likeness (QED) is 0.156. The Kier molecular flexibility index (Phi) is 9.75. The summed E-state index contributed by atoms with van der Waals surface area (Å²) in [6.45, 7) is 0. The zero-order valence-corrected chi connectivity index (χ0v) is 27.9. The first-order valence-corrected chi connectivity index (χ1v) is 16.3. The molecule has 0 aliphatic carbocycles. The second-order valence-corrected chi connectivity index (χ2v) is 12.8. The average Bonchev–Trinajstić information content (AvgIpc) is 3.10. The van der Waals surface area contributed by atoms with Crippen LogP contribution in [0.15, 0.2) is 169 Å². The Morgan fingerprint density at radius 2 is 0.638 bits per heavy atom. The maximum absolute atomic E-state index is 13.5. The summed E-state index contributed by atoms with van der Waals surface area (Å²) in [7, 11) is 0. The van der Waals surface area contributed by atoms with Crippen LogP contribution >= 0.6 is 46.4 Å². The van der Waals surface area contributed by atoms with Crippen molar-refractivity contribution in [2.75, 3.05) is 0 Å². The van der Waals surface area contributed by atoms with Gasteiger partial charge in [0.25, 0.3) is 0 Å². The fourth-order valence-corrected chi connectivity index (χ4v) is 6.27. The Labute approximate surface area is 294 Å². The van der Waals surface area contributed by atoms with Gasteiger partial charge < -0.3 is 10.2 Å². The first-order valence-electron chi connectivity index (χ1n) is 14.8. The van der Waals surface area contributed by atoms with Crippen molar-refractivity contribution in [3.63, 3.8) is 0 Å². The number of aliphatic hydroxyl groups is 2. The van der Waals surface area contributed by atoms with Gasteiger partial charge in [-0.25, -0.2) is 0 Å². The van der Waals surface area contributed by atoms with E-state index >= 15 is 0 Å². The highest BCUT2D eigenvalue weighted by Gasteiger charge is 2.49. The lowest BCUT2D eigenvalue weighted by atomic mass is 9.68. The van der Waals surface area contributed by atoms with Crippen molar-refractivity contribution in [3.05, 3.63) is 223 Å². The average molecular weight is 694 g/mol. The van der Waals surface area contributed by atoms with Crippen molar-refractivity contribution in [1.29, 1.82) is 0 Å². The second kappa shape index (κ2) is 14.0. The fourth-order valence-electron chi connectivity index (χ4n) is 5.76. The molecule has 0 spiro atoms. The lowest BCUT2D eigenvalue weighted by Gasteiger charge is -2.41. The first-order chi connectivity index (χ1) is 22.7. The van der Waals surface area contributed by atoms with Crippen molar-refractivity contribution in [1.82, 2.24) is 0 Å². The minimum absolute atomic E-state index is 0.127. The van der Waals surface area contributed by atoms with E-state index in [1.807, 2.05) is 60.7 Å². The standard InChI is InChI=1S/C41H28Cl4O2/c42-34-19-11-30(12-20-34)40(46,31-13-21-35(43)22-14-31)39(27-38(28-7-3-1-4-8-28)29-9-5-2-6-10-29)41(47,32-15-23-36(44)24-16-32)33-17-25-37(45)26-18-33/h1-26,46-47H. The third-order valence-corrected chi connectivity index (χ3v) is 9.15. The molecule has 232 valence electrons. The van der Waals surface area contributed by atoms with Gasteiger partial charge in [0.1, 0.15) is 11.2 Å². The van der Waals surface area contributed by atoms with E-state index in [4.69, 9.17) is 46.4 Å². The van der Waals surface area contributed by atoms with Gasteiger partial charge in [-0.1, -0.05) is 156 Å². The molecular formula is C41H28Cl4O2. The second-order valence-electron chi connectivity index (χ2n) is 11.1. The molecule has 0 bridgehead atoms. The lowest BCUT2D eigenvalue weighted by Crippen LogP contribution is -2.42. The molecule has 0 atom stereocenters. The highest BCUT2D eigenvalue weighted by Crippen LogP contribution is 2.49. The van der Waals surface area contributed by atoms with Crippen LogP contribution in [0.25, 0.3) is 5.57 Å². The van der Waals surface area contributed by atoms with Crippen molar-refractivity contribution < 1.29 is 10.2 Å². The van der Waals surface area contributed by atoms with Crippen LogP contribution in [0.2, 0.25) is 20.1 Å². The molecule has 6 rings (SSSR count). The van der Waals surface area contributed by atoms with Gasteiger partial charge in [-0.2, -0.15) is 0 Å². The third-order valence-electron chi connectivity index (χ3n) is 8.15. The predicted octanol–water partition coefficient (Wildman–Crippen LogP) is 11.1. The molecule has 47 heavy (non-hydrogen) atoms. The largest absolute Gasteiger partial charge is 0.376 e. The molecule has 0 amide bonds. The summed E-state index contributed by atoms with van der Waals surface area (Å²) < 4.78 is 0. The monoisotopic (exact) mass is 692 g/mol. The smallest absolute Gasteiger partial charge is 0.147 e. The number of benzene rings is 6. The van der Waals surface area contributed by atoms with Crippen molar-refractivity contribution in [3.8, 4) is 0 Å². The van der Waals surface area contributed by atoms with E-state index in [-0.39, 0.29) is 5.57 Å². The number of halogens is 4. The van der Waals surface area contributed by atoms with Gasteiger partial charge in [0.15, 0.2) is 0 Å². The van der Waals surface area contributed by atoms with Crippen molar-refractivity contribution >= 4 is 52.0 Å². The van der Waals surface area contributed by atoms with E-state index in [2.05, 4.69) is 5.73 Å². The Morgan fingerprint density at radius 1 is 0.383 bits per heavy atom. The molecule has 0 unspecified atom stereocenters. The van der Waals surface area contributed by atoms with Gasteiger partial charge in [-0.05, 0) is 81.9 Å². The summed E-state index contributed by atoms with van der Waals surface area (Å²) in [5.41, 5.74) is 3.91. The first kappa shape index (κ1) is 32.8. The van der Waals surface area contributed by atoms with Crippen molar-refractivity contribution in [2.24, 2.45) is 0 Å². The Hall–Kier alpha value is -4.08. The van der Waals surface area contributed by atoms with E-state index in [1.165, 1.54) is 0 Å². The maximum Gasteiger partial charge on any atom is 0.147 e. The minimum atomic E-state index is -1.99. The van der Waals surface area contributed by atoms with E-state index < -0.39 is 11.2 Å². The predicted molar refractivity (Wildman–Crippen MR) is 194 cm³/mol. The van der Waals surface area contributed by atoms with E-state index in [9.17, 15) is 10.2 Å². The number of hydrogen-bond donors (Lipinski definition) is 2. The fraction of sp³-hybridized carbons (Fsp3) is 0.0488. The van der Waals surface area contributed by atoms with Crippen LogP contribution in [0, 0.1) is 0 Å². The van der Waals surface area contributed by atoms with Gasteiger partial charge in [0.05, 0.1) is 5.57 Å². The molecule has 2 nitrogen and oxygen atoms in total. The van der Waals surface area contributed by atoms with Crippen LogP contribution in [0.5, 0.6) is 0 Å². The third kappa shape index (κ3) is 6.69.